The normalized spacial score (nSPS) is 16.2. The van der Waals surface area contributed by atoms with Crippen LogP contribution in [0, 0.1) is 0 Å². The molecule has 0 radical (unpaired) electrons. The van der Waals surface area contributed by atoms with E-state index in [0.717, 1.165) is 48.8 Å². The second-order valence-electron chi connectivity index (χ2n) is 7.72. The molecule has 1 saturated heterocycles. The summed E-state index contributed by atoms with van der Waals surface area (Å²) in [5, 5.41) is 9.41. The number of hydrogen-bond acceptors (Lipinski definition) is 7. The Kier molecular flexibility index (Phi) is 5.57. The topological polar surface area (TPSA) is 87.9 Å². The molecule has 2 aromatic heterocycles. The molecule has 5 rings (SSSR count). The van der Waals surface area contributed by atoms with Crippen LogP contribution in [0.15, 0.2) is 41.5 Å². The monoisotopic (exact) mass is 453 g/mol. The number of pyridine rings is 1. The number of nitrogens with zero attached hydrogens (tertiary/aromatic N) is 6. The Morgan fingerprint density at radius 1 is 1.22 bits per heavy atom. The lowest BCUT2D eigenvalue weighted by Gasteiger charge is -2.36. The average Bonchev–Trinajstić information content (AvgIpc) is 3.48. The number of rotatable bonds is 5. The molecular formula is C22H24ClN7O2. The lowest BCUT2D eigenvalue weighted by Crippen LogP contribution is -2.49. The zero-order valence-corrected chi connectivity index (χ0v) is 18.5. The highest BCUT2D eigenvalue weighted by Gasteiger charge is 2.24. The molecule has 2 aliphatic heterocycles. The van der Waals surface area contributed by atoms with Gasteiger partial charge in [0.25, 0.3) is 0 Å². The summed E-state index contributed by atoms with van der Waals surface area (Å²) in [4.78, 5) is 26.1. The van der Waals surface area contributed by atoms with Gasteiger partial charge in [0.05, 0.1) is 24.1 Å². The van der Waals surface area contributed by atoms with Crippen LogP contribution in [-0.2, 0) is 11.3 Å². The molecule has 0 saturated carbocycles. The summed E-state index contributed by atoms with van der Waals surface area (Å²) in [6.07, 6.45) is 1.72. The molecule has 32 heavy (non-hydrogen) atoms. The Morgan fingerprint density at radius 2 is 2.06 bits per heavy atom. The van der Waals surface area contributed by atoms with Crippen LogP contribution >= 0.6 is 11.6 Å². The highest BCUT2D eigenvalue weighted by atomic mass is 35.5. The van der Waals surface area contributed by atoms with Gasteiger partial charge < -0.3 is 19.9 Å². The van der Waals surface area contributed by atoms with Crippen molar-refractivity contribution >= 4 is 40.1 Å². The van der Waals surface area contributed by atoms with Gasteiger partial charge in [0.2, 0.25) is 5.91 Å². The van der Waals surface area contributed by atoms with Crippen molar-refractivity contribution in [3.8, 4) is 5.75 Å². The van der Waals surface area contributed by atoms with E-state index in [0.29, 0.717) is 29.5 Å². The third-order valence-corrected chi connectivity index (χ3v) is 6.13. The van der Waals surface area contributed by atoms with Gasteiger partial charge in [-0.15, -0.1) is 0 Å². The number of nitrogens with one attached hydrogen (secondary N) is 1. The molecule has 0 atom stereocenters. The van der Waals surface area contributed by atoms with Crippen molar-refractivity contribution in [3.63, 3.8) is 0 Å². The minimum absolute atomic E-state index is 0.0289. The van der Waals surface area contributed by atoms with Crippen molar-refractivity contribution in [2.24, 2.45) is 4.99 Å². The minimum Gasteiger partial charge on any atom is -0.495 e. The van der Waals surface area contributed by atoms with Gasteiger partial charge in [-0.3, -0.25) is 9.79 Å². The van der Waals surface area contributed by atoms with Crippen LogP contribution in [0.4, 0.5) is 5.69 Å². The smallest absolute Gasteiger partial charge is 0.244 e. The van der Waals surface area contributed by atoms with E-state index in [9.17, 15) is 4.79 Å². The summed E-state index contributed by atoms with van der Waals surface area (Å²) in [5.74, 6) is 1.44. The number of aliphatic imine (C=N–C) groups is 1. The van der Waals surface area contributed by atoms with Crippen LogP contribution in [0.25, 0.3) is 11.0 Å². The zero-order valence-electron chi connectivity index (χ0n) is 17.8. The number of benzene rings is 1. The summed E-state index contributed by atoms with van der Waals surface area (Å²) >= 11 is 6.14. The van der Waals surface area contributed by atoms with Crippen LogP contribution < -0.4 is 15.0 Å². The number of halogens is 1. The number of fused-ring (bicyclic) bond motifs is 1. The van der Waals surface area contributed by atoms with E-state index in [1.54, 1.807) is 18.0 Å². The van der Waals surface area contributed by atoms with Gasteiger partial charge in [0.1, 0.15) is 23.8 Å². The molecule has 0 unspecified atom stereocenters. The first kappa shape index (κ1) is 20.6. The number of anilines is 1. The summed E-state index contributed by atoms with van der Waals surface area (Å²) in [5.41, 5.74) is 2.48. The first-order valence-electron chi connectivity index (χ1n) is 10.6. The Labute approximate surface area is 190 Å². The fourth-order valence-electron chi connectivity index (χ4n) is 4.14. The summed E-state index contributed by atoms with van der Waals surface area (Å²) in [7, 11) is 1.61. The van der Waals surface area contributed by atoms with E-state index in [4.69, 9.17) is 16.3 Å². The molecule has 166 valence electrons. The highest BCUT2D eigenvalue weighted by molar-refractivity contribution is 6.32. The molecular weight excluding hydrogens is 430 g/mol. The largest absolute Gasteiger partial charge is 0.495 e. The molecule has 1 aromatic carbocycles. The maximum atomic E-state index is 13.1. The van der Waals surface area contributed by atoms with Gasteiger partial charge in [0, 0.05) is 50.7 Å². The average molecular weight is 454 g/mol. The second kappa shape index (κ2) is 8.66. The molecule has 4 heterocycles. The van der Waals surface area contributed by atoms with Crippen LogP contribution in [0.5, 0.6) is 5.75 Å². The molecule has 3 aromatic rings. The van der Waals surface area contributed by atoms with Crippen molar-refractivity contribution in [2.45, 2.75) is 6.54 Å². The van der Waals surface area contributed by atoms with Crippen molar-refractivity contribution < 1.29 is 9.53 Å². The van der Waals surface area contributed by atoms with Gasteiger partial charge in [-0.05, 0) is 24.3 Å². The van der Waals surface area contributed by atoms with Gasteiger partial charge in [-0.1, -0.05) is 11.6 Å². The number of piperazine rings is 1. The molecule has 10 heteroatoms. The number of hydrogen-bond donors (Lipinski definition) is 1. The van der Waals surface area contributed by atoms with Crippen LogP contribution in [-0.4, -0.2) is 77.8 Å². The predicted octanol–water partition coefficient (Wildman–Crippen LogP) is 1.79. The Balaban J connectivity index is 1.28. The zero-order chi connectivity index (χ0) is 22.1. The first-order valence-corrected chi connectivity index (χ1v) is 11.0. The number of carbonyl (C=O) groups is 1. The van der Waals surface area contributed by atoms with Crippen molar-refractivity contribution in [3.05, 3.63) is 47.2 Å². The molecule has 2 aliphatic rings. The Bertz CT molecular complexity index is 1180. The van der Waals surface area contributed by atoms with Gasteiger partial charge in [-0.25, -0.2) is 9.67 Å². The fraction of sp³-hybridized carbons (Fsp3) is 0.364. The molecule has 0 spiro atoms. The van der Waals surface area contributed by atoms with Gasteiger partial charge in [-0.2, -0.15) is 5.10 Å². The number of aromatic nitrogens is 3. The highest BCUT2D eigenvalue weighted by Crippen LogP contribution is 2.30. The molecule has 9 nitrogen and oxygen atoms in total. The number of carbonyl (C=O) groups excluding carboxylic acids is 1. The van der Waals surface area contributed by atoms with Gasteiger partial charge in [0.15, 0.2) is 5.65 Å². The first-order chi connectivity index (χ1) is 15.6. The SMILES string of the molecule is COc1cc(N2CCN(C(=O)Cn3nc(C4=NCCN4)c4cccnc43)CC2)ccc1Cl. The minimum atomic E-state index is 0.0289. The number of amidine groups is 1. The molecule has 1 amide bonds. The molecule has 0 bridgehead atoms. The Morgan fingerprint density at radius 3 is 2.81 bits per heavy atom. The molecule has 0 aliphatic carbocycles. The van der Waals surface area contributed by atoms with Crippen molar-refractivity contribution in [1.82, 2.24) is 25.0 Å². The van der Waals surface area contributed by atoms with Crippen molar-refractivity contribution in [1.29, 1.82) is 0 Å². The van der Waals surface area contributed by atoms with E-state index >= 15 is 0 Å². The van der Waals surface area contributed by atoms with E-state index in [1.165, 1.54) is 0 Å². The Hall–Kier alpha value is -3.33. The van der Waals surface area contributed by atoms with Gasteiger partial charge >= 0.3 is 0 Å². The third kappa shape index (κ3) is 3.84. The lowest BCUT2D eigenvalue weighted by molar-refractivity contribution is -0.132. The van der Waals surface area contributed by atoms with E-state index in [2.05, 4.69) is 25.3 Å². The second-order valence-corrected chi connectivity index (χ2v) is 8.13. The third-order valence-electron chi connectivity index (χ3n) is 5.82. The predicted molar refractivity (Wildman–Crippen MR) is 124 cm³/mol. The quantitative estimate of drug-likeness (QED) is 0.633. The standard InChI is InChI=1S/C22H24ClN7O2/c1-32-18-13-15(4-5-17(18)23)28-9-11-29(12-10-28)19(31)14-30-22-16(3-2-6-26-22)20(27-30)21-24-7-8-25-21/h2-6,13H,7-12,14H2,1H3,(H,24,25). The number of amides is 1. The van der Waals surface area contributed by atoms with Crippen LogP contribution in [0.2, 0.25) is 5.02 Å². The molecule has 1 N–H and O–H groups in total. The molecule has 1 fully saturated rings. The van der Waals surface area contributed by atoms with E-state index in [-0.39, 0.29) is 12.5 Å². The number of ether oxygens (including phenoxy) is 1. The van der Waals surface area contributed by atoms with Crippen molar-refractivity contribution in [2.75, 3.05) is 51.3 Å². The summed E-state index contributed by atoms with van der Waals surface area (Å²) < 4.78 is 7.01. The van der Waals surface area contributed by atoms with E-state index in [1.807, 2.05) is 35.2 Å². The maximum absolute atomic E-state index is 13.1. The fourth-order valence-corrected chi connectivity index (χ4v) is 4.33. The lowest BCUT2D eigenvalue weighted by atomic mass is 10.2. The maximum Gasteiger partial charge on any atom is 0.244 e. The van der Waals surface area contributed by atoms with Crippen LogP contribution in [0.1, 0.15) is 5.69 Å². The summed E-state index contributed by atoms with van der Waals surface area (Å²) in [6.45, 7) is 4.42. The summed E-state index contributed by atoms with van der Waals surface area (Å²) in [6, 6.07) is 9.59. The van der Waals surface area contributed by atoms with E-state index < -0.39 is 0 Å². The number of methoxy groups -OCH3 is 1. The van der Waals surface area contributed by atoms with Crippen LogP contribution in [0.3, 0.4) is 0 Å².